The molecule has 0 bridgehead atoms. The molecule has 0 saturated carbocycles. The molecule has 3 nitrogen and oxygen atoms in total. The highest BCUT2D eigenvalue weighted by atomic mass is 35.5. The number of ether oxygens (including phenoxy) is 1. The zero-order valence-electron chi connectivity index (χ0n) is 13.1. The largest absolute Gasteiger partial charge is 0.374 e. The summed E-state index contributed by atoms with van der Waals surface area (Å²) in [4.78, 5) is 12.2. The number of hydrogen-bond donors (Lipinski definition) is 1. The van der Waals surface area contributed by atoms with Crippen LogP contribution < -0.4 is 5.32 Å². The molecule has 0 unspecified atom stereocenters. The smallest absolute Gasteiger partial charge is 0.253 e. The van der Waals surface area contributed by atoms with Crippen molar-refractivity contribution < 1.29 is 9.53 Å². The highest BCUT2D eigenvalue weighted by Crippen LogP contribution is 2.20. The summed E-state index contributed by atoms with van der Waals surface area (Å²) in [6.45, 7) is 4.97. The first-order valence-corrected chi connectivity index (χ1v) is 8.14. The van der Waals surface area contributed by atoms with Crippen LogP contribution in [0.5, 0.6) is 0 Å². The number of nitrogens with one attached hydrogen (secondary N) is 1. The molecule has 0 aliphatic rings. The van der Waals surface area contributed by atoms with Crippen molar-refractivity contribution in [2.75, 3.05) is 0 Å². The highest BCUT2D eigenvalue weighted by molar-refractivity contribution is 6.35. The van der Waals surface area contributed by atoms with Crippen LogP contribution in [0.2, 0.25) is 10.0 Å². The van der Waals surface area contributed by atoms with Crippen LogP contribution in [0.3, 0.4) is 0 Å². The van der Waals surface area contributed by atoms with E-state index in [0.717, 1.165) is 11.1 Å². The van der Waals surface area contributed by atoms with Gasteiger partial charge in [-0.3, -0.25) is 4.79 Å². The van der Waals surface area contributed by atoms with Gasteiger partial charge in [0, 0.05) is 11.6 Å². The van der Waals surface area contributed by atoms with Gasteiger partial charge in [0.15, 0.2) is 0 Å². The van der Waals surface area contributed by atoms with Crippen molar-refractivity contribution in [3.63, 3.8) is 0 Å². The molecule has 0 saturated heterocycles. The Balaban J connectivity index is 1.99. The standard InChI is InChI=1S/C18H19Cl2NO2/c1-12(2)23-11-14-5-3-4-13(8-14)10-21-18(22)16-9-15(19)6-7-17(16)20/h3-9,12H,10-11H2,1-2H3,(H,21,22). The molecule has 2 aromatic rings. The zero-order chi connectivity index (χ0) is 16.8. The van der Waals surface area contributed by atoms with Crippen LogP contribution in [0.1, 0.15) is 35.3 Å². The Labute approximate surface area is 146 Å². The molecule has 23 heavy (non-hydrogen) atoms. The van der Waals surface area contributed by atoms with E-state index in [1.54, 1.807) is 18.2 Å². The molecule has 122 valence electrons. The van der Waals surface area contributed by atoms with Gasteiger partial charge >= 0.3 is 0 Å². The lowest BCUT2D eigenvalue weighted by Gasteiger charge is -2.10. The molecule has 0 fully saturated rings. The molecule has 0 heterocycles. The summed E-state index contributed by atoms with van der Waals surface area (Å²) in [5, 5.41) is 3.71. The Hall–Kier alpha value is -1.55. The summed E-state index contributed by atoms with van der Waals surface area (Å²) in [7, 11) is 0. The van der Waals surface area contributed by atoms with E-state index in [1.807, 2.05) is 38.1 Å². The van der Waals surface area contributed by atoms with Gasteiger partial charge in [-0.05, 0) is 43.2 Å². The van der Waals surface area contributed by atoms with Gasteiger partial charge in [-0.15, -0.1) is 0 Å². The minimum Gasteiger partial charge on any atom is -0.374 e. The highest BCUT2D eigenvalue weighted by Gasteiger charge is 2.10. The van der Waals surface area contributed by atoms with E-state index in [4.69, 9.17) is 27.9 Å². The molecule has 2 aromatic carbocycles. The maximum Gasteiger partial charge on any atom is 0.253 e. The van der Waals surface area contributed by atoms with Gasteiger partial charge in [-0.2, -0.15) is 0 Å². The van der Waals surface area contributed by atoms with Crippen molar-refractivity contribution in [3.8, 4) is 0 Å². The Kier molecular flexibility index (Phi) is 6.46. The van der Waals surface area contributed by atoms with Crippen molar-refractivity contribution in [2.45, 2.75) is 33.1 Å². The molecule has 0 spiro atoms. The van der Waals surface area contributed by atoms with E-state index >= 15 is 0 Å². The minimum atomic E-state index is -0.249. The third kappa shape index (κ3) is 5.54. The number of hydrogen-bond acceptors (Lipinski definition) is 2. The van der Waals surface area contributed by atoms with E-state index in [1.165, 1.54) is 0 Å². The number of carbonyl (C=O) groups is 1. The number of rotatable bonds is 6. The van der Waals surface area contributed by atoms with Crippen LogP contribution in [0.15, 0.2) is 42.5 Å². The van der Waals surface area contributed by atoms with Crippen molar-refractivity contribution in [2.24, 2.45) is 0 Å². The molecule has 0 aliphatic carbocycles. The first kappa shape index (κ1) is 17.8. The van der Waals surface area contributed by atoms with Gasteiger partial charge in [0.25, 0.3) is 5.91 Å². The number of carbonyl (C=O) groups excluding carboxylic acids is 1. The average molecular weight is 352 g/mol. The third-order valence-electron chi connectivity index (χ3n) is 3.20. The number of halogens is 2. The second-order valence-electron chi connectivity index (χ2n) is 5.49. The van der Waals surface area contributed by atoms with Gasteiger partial charge in [-0.1, -0.05) is 47.5 Å². The predicted molar refractivity (Wildman–Crippen MR) is 94.0 cm³/mol. The third-order valence-corrected chi connectivity index (χ3v) is 3.77. The maximum atomic E-state index is 12.2. The Bertz CT molecular complexity index is 686. The lowest BCUT2D eigenvalue weighted by Crippen LogP contribution is -2.23. The summed E-state index contributed by atoms with van der Waals surface area (Å²) < 4.78 is 5.59. The summed E-state index contributed by atoms with van der Waals surface area (Å²) in [5.74, 6) is -0.249. The fraction of sp³-hybridized carbons (Fsp3) is 0.278. The number of amides is 1. The Morgan fingerprint density at radius 3 is 2.61 bits per heavy atom. The summed E-state index contributed by atoms with van der Waals surface area (Å²) in [5.41, 5.74) is 2.45. The molecular formula is C18H19Cl2NO2. The molecule has 1 N–H and O–H groups in total. The monoisotopic (exact) mass is 351 g/mol. The molecule has 0 aliphatic heterocycles. The van der Waals surface area contributed by atoms with Gasteiger partial charge < -0.3 is 10.1 Å². The predicted octanol–water partition coefficient (Wildman–Crippen LogP) is 4.85. The normalized spacial score (nSPS) is 10.8. The number of benzene rings is 2. The van der Waals surface area contributed by atoms with Crippen LogP contribution in [0, 0.1) is 0 Å². The lowest BCUT2D eigenvalue weighted by molar-refractivity contribution is 0.0657. The Morgan fingerprint density at radius 1 is 1.13 bits per heavy atom. The second-order valence-corrected chi connectivity index (χ2v) is 6.33. The fourth-order valence-electron chi connectivity index (χ4n) is 2.04. The summed E-state index contributed by atoms with van der Waals surface area (Å²) >= 11 is 11.9. The van der Waals surface area contributed by atoms with Gasteiger partial charge in [-0.25, -0.2) is 0 Å². The lowest BCUT2D eigenvalue weighted by atomic mass is 10.1. The van der Waals surface area contributed by atoms with Crippen LogP contribution in [-0.4, -0.2) is 12.0 Å². The van der Waals surface area contributed by atoms with Crippen molar-refractivity contribution >= 4 is 29.1 Å². The maximum absolute atomic E-state index is 12.2. The van der Waals surface area contributed by atoms with Crippen molar-refractivity contribution in [1.82, 2.24) is 5.32 Å². The summed E-state index contributed by atoms with van der Waals surface area (Å²) in [6.07, 6.45) is 0.184. The quantitative estimate of drug-likeness (QED) is 0.807. The minimum absolute atomic E-state index is 0.184. The van der Waals surface area contributed by atoms with Gasteiger partial charge in [0.05, 0.1) is 23.3 Å². The first-order chi connectivity index (χ1) is 11.0. The van der Waals surface area contributed by atoms with Crippen molar-refractivity contribution in [1.29, 1.82) is 0 Å². The van der Waals surface area contributed by atoms with Crippen LogP contribution in [-0.2, 0) is 17.9 Å². The molecule has 1 amide bonds. The first-order valence-electron chi connectivity index (χ1n) is 7.38. The molecule has 0 radical (unpaired) electrons. The molecular weight excluding hydrogens is 333 g/mol. The van der Waals surface area contributed by atoms with Crippen molar-refractivity contribution in [3.05, 3.63) is 69.2 Å². The summed E-state index contributed by atoms with van der Waals surface area (Å²) in [6, 6.07) is 12.8. The average Bonchev–Trinajstić information content (AvgIpc) is 2.53. The SMILES string of the molecule is CC(C)OCc1cccc(CNC(=O)c2cc(Cl)ccc2Cl)c1. The topological polar surface area (TPSA) is 38.3 Å². The van der Waals surface area contributed by atoms with E-state index in [0.29, 0.717) is 28.8 Å². The Morgan fingerprint density at radius 2 is 1.87 bits per heavy atom. The van der Waals surface area contributed by atoms with Gasteiger partial charge in [0.1, 0.15) is 0 Å². The molecule has 0 aromatic heterocycles. The van der Waals surface area contributed by atoms with E-state index in [-0.39, 0.29) is 12.0 Å². The van der Waals surface area contributed by atoms with Crippen LogP contribution >= 0.6 is 23.2 Å². The molecule has 0 atom stereocenters. The second kappa shape index (κ2) is 8.34. The molecule has 5 heteroatoms. The van der Waals surface area contributed by atoms with E-state index in [9.17, 15) is 4.79 Å². The van der Waals surface area contributed by atoms with Crippen LogP contribution in [0.25, 0.3) is 0 Å². The molecule has 2 rings (SSSR count). The van der Waals surface area contributed by atoms with E-state index < -0.39 is 0 Å². The van der Waals surface area contributed by atoms with Gasteiger partial charge in [0.2, 0.25) is 0 Å². The fourth-order valence-corrected chi connectivity index (χ4v) is 2.42. The van der Waals surface area contributed by atoms with Crippen LogP contribution in [0.4, 0.5) is 0 Å². The van der Waals surface area contributed by atoms with E-state index in [2.05, 4.69) is 5.32 Å². The zero-order valence-corrected chi connectivity index (χ0v) is 14.6.